The van der Waals surface area contributed by atoms with Crippen molar-refractivity contribution in [3.8, 4) is 0 Å². The summed E-state index contributed by atoms with van der Waals surface area (Å²) in [7, 11) is 1.51. The van der Waals surface area contributed by atoms with Crippen LogP contribution in [0.4, 0.5) is 0 Å². The number of hydrogen-bond acceptors (Lipinski definition) is 4. The molecule has 1 amide bonds. The SMILES string of the molecule is CCC(=O)NCc1ccc(S(=O)(=O)Cl)s1. The number of halogens is 1. The first-order valence-electron chi connectivity index (χ1n) is 4.23. The van der Waals surface area contributed by atoms with Gasteiger partial charge in [0.05, 0.1) is 6.54 Å². The maximum absolute atomic E-state index is 10.9. The van der Waals surface area contributed by atoms with Crippen LogP contribution in [0.3, 0.4) is 0 Å². The molecule has 7 heteroatoms. The lowest BCUT2D eigenvalue weighted by molar-refractivity contribution is -0.120. The highest BCUT2D eigenvalue weighted by Crippen LogP contribution is 2.24. The molecule has 15 heavy (non-hydrogen) atoms. The second-order valence-corrected chi connectivity index (χ2v) is 6.75. The van der Waals surface area contributed by atoms with E-state index in [9.17, 15) is 13.2 Å². The molecule has 0 atom stereocenters. The number of carbonyl (C=O) groups is 1. The zero-order valence-electron chi connectivity index (χ0n) is 7.99. The first-order valence-corrected chi connectivity index (χ1v) is 7.36. The highest BCUT2D eigenvalue weighted by molar-refractivity contribution is 8.15. The van der Waals surface area contributed by atoms with E-state index in [2.05, 4.69) is 5.32 Å². The maximum Gasteiger partial charge on any atom is 0.270 e. The Morgan fingerprint density at radius 1 is 1.53 bits per heavy atom. The molecule has 0 fully saturated rings. The Bertz CT molecular complexity index is 452. The number of rotatable bonds is 4. The molecule has 0 aliphatic heterocycles. The minimum absolute atomic E-state index is 0.0707. The quantitative estimate of drug-likeness (QED) is 0.845. The van der Waals surface area contributed by atoms with Gasteiger partial charge in [0.25, 0.3) is 9.05 Å². The van der Waals surface area contributed by atoms with E-state index in [-0.39, 0.29) is 10.1 Å². The van der Waals surface area contributed by atoms with Gasteiger partial charge in [-0.25, -0.2) is 8.42 Å². The van der Waals surface area contributed by atoms with Crippen molar-refractivity contribution in [3.05, 3.63) is 17.0 Å². The van der Waals surface area contributed by atoms with Crippen LogP contribution in [0.5, 0.6) is 0 Å². The first-order chi connectivity index (χ1) is 6.93. The number of carbonyl (C=O) groups excluding carboxylic acids is 1. The molecule has 0 aromatic carbocycles. The number of nitrogens with one attached hydrogen (secondary N) is 1. The summed E-state index contributed by atoms with van der Waals surface area (Å²) in [4.78, 5) is 11.7. The van der Waals surface area contributed by atoms with Crippen LogP contribution in [-0.4, -0.2) is 14.3 Å². The van der Waals surface area contributed by atoms with E-state index in [1.54, 1.807) is 13.0 Å². The molecule has 0 aliphatic carbocycles. The molecule has 0 spiro atoms. The molecule has 0 saturated heterocycles. The summed E-state index contributed by atoms with van der Waals surface area (Å²) in [6.45, 7) is 2.09. The lowest BCUT2D eigenvalue weighted by Crippen LogP contribution is -2.20. The molecule has 1 heterocycles. The Hall–Kier alpha value is -0.590. The molecule has 0 saturated carbocycles. The van der Waals surface area contributed by atoms with Crippen LogP contribution in [0, 0.1) is 0 Å². The Kier molecular flexibility index (Phi) is 4.12. The number of hydrogen-bond donors (Lipinski definition) is 1. The summed E-state index contributed by atoms with van der Waals surface area (Å²) >= 11 is 1.06. The number of thiophene rings is 1. The summed E-state index contributed by atoms with van der Waals surface area (Å²) in [5.74, 6) is -0.0707. The third kappa shape index (κ3) is 3.81. The third-order valence-corrected chi connectivity index (χ3v) is 4.84. The first kappa shape index (κ1) is 12.5. The van der Waals surface area contributed by atoms with Crippen LogP contribution in [-0.2, 0) is 20.4 Å². The van der Waals surface area contributed by atoms with Gasteiger partial charge in [-0.05, 0) is 12.1 Å². The third-order valence-electron chi connectivity index (χ3n) is 1.66. The summed E-state index contributed by atoms with van der Waals surface area (Å²) in [6, 6.07) is 3.07. The van der Waals surface area contributed by atoms with E-state index in [0.717, 1.165) is 16.2 Å². The van der Waals surface area contributed by atoms with Gasteiger partial charge in [-0.1, -0.05) is 6.92 Å². The predicted molar refractivity (Wildman–Crippen MR) is 59.5 cm³/mol. The van der Waals surface area contributed by atoms with Crippen molar-refractivity contribution in [1.29, 1.82) is 0 Å². The topological polar surface area (TPSA) is 63.2 Å². The molecule has 1 N–H and O–H groups in total. The Morgan fingerprint density at radius 3 is 2.67 bits per heavy atom. The maximum atomic E-state index is 10.9. The minimum Gasteiger partial charge on any atom is -0.351 e. The average molecular weight is 268 g/mol. The van der Waals surface area contributed by atoms with Crippen molar-refractivity contribution in [2.45, 2.75) is 24.1 Å². The normalized spacial score (nSPS) is 11.3. The standard InChI is InChI=1S/C8H10ClNO3S2/c1-2-7(11)10-5-6-3-4-8(14-6)15(9,12)13/h3-4H,2,5H2,1H3,(H,10,11). The molecule has 4 nitrogen and oxygen atoms in total. The minimum atomic E-state index is -3.65. The van der Waals surface area contributed by atoms with E-state index < -0.39 is 9.05 Å². The smallest absolute Gasteiger partial charge is 0.270 e. The fourth-order valence-corrected chi connectivity index (χ4v) is 2.96. The van der Waals surface area contributed by atoms with E-state index in [4.69, 9.17) is 10.7 Å². The van der Waals surface area contributed by atoms with E-state index in [1.807, 2.05) is 0 Å². The van der Waals surface area contributed by atoms with E-state index >= 15 is 0 Å². The van der Waals surface area contributed by atoms with Crippen LogP contribution in [0.25, 0.3) is 0 Å². The lowest BCUT2D eigenvalue weighted by atomic mass is 10.4. The van der Waals surface area contributed by atoms with Crippen LogP contribution >= 0.6 is 22.0 Å². The van der Waals surface area contributed by atoms with Crippen molar-refractivity contribution in [1.82, 2.24) is 5.32 Å². The zero-order chi connectivity index (χ0) is 11.5. The molecule has 1 aromatic rings. The van der Waals surface area contributed by atoms with Crippen molar-refractivity contribution < 1.29 is 13.2 Å². The van der Waals surface area contributed by atoms with Gasteiger partial charge >= 0.3 is 0 Å². The average Bonchev–Trinajstić information content (AvgIpc) is 2.61. The van der Waals surface area contributed by atoms with E-state index in [1.165, 1.54) is 6.07 Å². The summed E-state index contributed by atoms with van der Waals surface area (Å²) in [6.07, 6.45) is 0.409. The van der Waals surface area contributed by atoms with Crippen molar-refractivity contribution in [3.63, 3.8) is 0 Å². The van der Waals surface area contributed by atoms with Crippen LogP contribution in [0.2, 0.25) is 0 Å². The Labute approximate surface area is 96.7 Å². The Balaban J connectivity index is 2.66. The highest BCUT2D eigenvalue weighted by atomic mass is 35.7. The summed E-state index contributed by atoms with van der Waals surface area (Å²) in [5.41, 5.74) is 0. The van der Waals surface area contributed by atoms with Gasteiger partial charge in [-0.3, -0.25) is 4.79 Å². The van der Waals surface area contributed by atoms with Gasteiger partial charge in [-0.15, -0.1) is 11.3 Å². The van der Waals surface area contributed by atoms with Gasteiger partial charge < -0.3 is 5.32 Å². The van der Waals surface area contributed by atoms with Crippen molar-refractivity contribution in [2.75, 3.05) is 0 Å². The van der Waals surface area contributed by atoms with Crippen LogP contribution < -0.4 is 5.32 Å². The van der Waals surface area contributed by atoms with Crippen LogP contribution in [0.1, 0.15) is 18.2 Å². The second kappa shape index (κ2) is 4.96. The zero-order valence-corrected chi connectivity index (χ0v) is 10.4. The van der Waals surface area contributed by atoms with Gasteiger partial charge in [0.15, 0.2) is 0 Å². The second-order valence-electron chi connectivity index (χ2n) is 2.79. The monoisotopic (exact) mass is 267 g/mol. The summed E-state index contributed by atoms with van der Waals surface area (Å²) in [5, 5.41) is 2.65. The molecular formula is C8H10ClNO3S2. The van der Waals surface area contributed by atoms with Crippen LogP contribution in [0.15, 0.2) is 16.3 Å². The molecule has 84 valence electrons. The highest BCUT2D eigenvalue weighted by Gasteiger charge is 2.13. The van der Waals surface area contributed by atoms with E-state index in [0.29, 0.717) is 13.0 Å². The Morgan fingerprint density at radius 2 is 2.20 bits per heavy atom. The number of amides is 1. The molecule has 1 aromatic heterocycles. The fourth-order valence-electron chi connectivity index (χ4n) is 0.895. The predicted octanol–water partition coefficient (Wildman–Crippen LogP) is 1.70. The lowest BCUT2D eigenvalue weighted by Gasteiger charge is -1.99. The molecular weight excluding hydrogens is 258 g/mol. The van der Waals surface area contributed by atoms with Crippen molar-refractivity contribution in [2.24, 2.45) is 0 Å². The molecule has 0 bridgehead atoms. The molecule has 0 radical (unpaired) electrons. The van der Waals surface area contributed by atoms with Gasteiger partial charge in [0.1, 0.15) is 4.21 Å². The van der Waals surface area contributed by atoms with Gasteiger partial charge in [0.2, 0.25) is 5.91 Å². The summed E-state index contributed by atoms with van der Waals surface area (Å²) < 4.78 is 22.0. The largest absolute Gasteiger partial charge is 0.351 e. The fraction of sp³-hybridized carbons (Fsp3) is 0.375. The van der Waals surface area contributed by atoms with Gasteiger partial charge in [0, 0.05) is 22.0 Å². The molecule has 0 aliphatic rings. The molecule has 1 rings (SSSR count). The van der Waals surface area contributed by atoms with Gasteiger partial charge in [-0.2, -0.15) is 0 Å². The molecule has 0 unspecified atom stereocenters. The van der Waals surface area contributed by atoms with Crippen molar-refractivity contribution >= 4 is 37.0 Å².